The number of ether oxygens (including phenoxy) is 5. The van der Waals surface area contributed by atoms with Gasteiger partial charge in [-0.25, -0.2) is 0 Å². The molecule has 0 aromatic heterocycles. The summed E-state index contributed by atoms with van der Waals surface area (Å²) in [5.74, 6) is 3.06. The first kappa shape index (κ1) is 36.2. The first-order chi connectivity index (χ1) is 23.3. The summed E-state index contributed by atoms with van der Waals surface area (Å²) in [4.78, 5) is 0. The van der Waals surface area contributed by atoms with Crippen LogP contribution in [0.1, 0.15) is 70.7 Å². The number of phenols is 2. The van der Waals surface area contributed by atoms with Gasteiger partial charge in [-0.1, -0.05) is 90.1 Å². The molecule has 0 amide bonds. The van der Waals surface area contributed by atoms with Gasteiger partial charge in [0.15, 0.2) is 0 Å². The molecule has 7 heteroatoms. The average molecular weight is 669 g/mol. The van der Waals surface area contributed by atoms with E-state index >= 15 is 0 Å². The lowest BCUT2D eigenvalue weighted by molar-refractivity contribution is 0.260. The Hall–Kier alpha value is -4.04. The molecule has 4 atom stereocenters. The van der Waals surface area contributed by atoms with Crippen LogP contribution in [0.25, 0.3) is 0 Å². The monoisotopic (exact) mass is 668 g/mol. The number of hydrogen-bond donors (Lipinski definition) is 2. The Morgan fingerprint density at radius 1 is 0.612 bits per heavy atom. The zero-order chi connectivity index (χ0) is 35.2. The molecule has 4 aromatic rings. The van der Waals surface area contributed by atoms with Gasteiger partial charge in [0.25, 0.3) is 0 Å². The molecule has 3 fully saturated rings. The van der Waals surface area contributed by atoms with Gasteiger partial charge < -0.3 is 33.9 Å². The van der Waals surface area contributed by atoms with Crippen LogP contribution in [0.3, 0.4) is 0 Å². The Morgan fingerprint density at radius 2 is 0.959 bits per heavy atom. The minimum Gasteiger partial charge on any atom is -0.508 e. The predicted molar refractivity (Wildman–Crippen MR) is 193 cm³/mol. The molecule has 4 aromatic carbocycles. The number of epoxide rings is 3. The molecular weight excluding hydrogens is 616 g/mol. The maximum absolute atomic E-state index is 9.43. The third-order valence-electron chi connectivity index (χ3n) is 9.52. The van der Waals surface area contributed by atoms with Crippen LogP contribution in [0.2, 0.25) is 0 Å². The summed E-state index contributed by atoms with van der Waals surface area (Å²) in [7, 11) is 0. The molecule has 7 nitrogen and oxygen atoms in total. The Bertz CT molecular complexity index is 1590. The third-order valence-corrected chi connectivity index (χ3v) is 9.52. The van der Waals surface area contributed by atoms with E-state index < -0.39 is 0 Å². The van der Waals surface area contributed by atoms with Crippen molar-refractivity contribution in [2.24, 2.45) is 5.92 Å². The standard InChI is InChI=1S/C19H22O3.C18H20O3.C5H10O/c1-13-18(22-13)12-21-17-10-6-15(7-11-17)19(2,3)14-4-8-16(20)9-5-14;1-18(2,13-3-7-15(19)8-4-13)14-5-9-16(10-6-14)20-11-17-12-21-17;1-4(2)5-3-6-5/h4-11,13,18,20H,12H2,1-3H3;3-10,17,19H,11-12H2,1-2H3;4-5H,3H2,1-2H3. The third kappa shape index (κ3) is 10.5. The zero-order valence-electron chi connectivity index (χ0n) is 29.9. The van der Waals surface area contributed by atoms with Crippen LogP contribution in [-0.4, -0.2) is 61.1 Å². The van der Waals surface area contributed by atoms with Gasteiger partial charge in [-0.05, 0) is 83.6 Å². The summed E-state index contributed by atoms with van der Waals surface area (Å²) >= 11 is 0. The highest BCUT2D eigenvalue weighted by Crippen LogP contribution is 2.35. The van der Waals surface area contributed by atoms with Gasteiger partial charge in [-0.3, -0.25) is 0 Å². The van der Waals surface area contributed by atoms with Crippen molar-refractivity contribution >= 4 is 0 Å². The van der Waals surface area contributed by atoms with Crippen LogP contribution >= 0.6 is 0 Å². The largest absolute Gasteiger partial charge is 0.508 e. The molecular formula is C42H52O7. The van der Waals surface area contributed by atoms with E-state index in [0.717, 1.165) is 30.6 Å². The van der Waals surface area contributed by atoms with Gasteiger partial charge in [0.05, 0.1) is 25.4 Å². The number of benzene rings is 4. The van der Waals surface area contributed by atoms with Crippen molar-refractivity contribution in [1.29, 1.82) is 0 Å². The minimum atomic E-state index is -0.125. The highest BCUT2D eigenvalue weighted by molar-refractivity contribution is 5.43. The molecule has 2 N–H and O–H groups in total. The van der Waals surface area contributed by atoms with Crippen LogP contribution in [-0.2, 0) is 25.0 Å². The van der Waals surface area contributed by atoms with E-state index in [1.54, 1.807) is 24.3 Å². The fourth-order valence-electron chi connectivity index (χ4n) is 5.40. The quantitative estimate of drug-likeness (QED) is 0.155. The second kappa shape index (κ2) is 15.7. The first-order valence-corrected chi connectivity index (χ1v) is 17.3. The van der Waals surface area contributed by atoms with Crippen molar-refractivity contribution in [2.75, 3.05) is 26.4 Å². The van der Waals surface area contributed by atoms with Gasteiger partial charge in [0.2, 0.25) is 0 Å². The molecule has 0 saturated carbocycles. The molecule has 0 radical (unpaired) electrons. The molecule has 7 rings (SSSR count). The summed E-state index contributed by atoms with van der Waals surface area (Å²) in [5.41, 5.74) is 4.51. The van der Waals surface area contributed by atoms with E-state index in [1.165, 1.54) is 22.3 Å². The van der Waals surface area contributed by atoms with Crippen molar-refractivity contribution in [3.63, 3.8) is 0 Å². The lowest BCUT2D eigenvalue weighted by Gasteiger charge is -2.26. The van der Waals surface area contributed by atoms with Crippen molar-refractivity contribution in [1.82, 2.24) is 0 Å². The van der Waals surface area contributed by atoms with E-state index in [0.29, 0.717) is 36.9 Å². The van der Waals surface area contributed by atoms with Crippen LogP contribution in [0.4, 0.5) is 0 Å². The van der Waals surface area contributed by atoms with Crippen molar-refractivity contribution < 1.29 is 33.9 Å². The number of hydrogen-bond acceptors (Lipinski definition) is 7. The maximum atomic E-state index is 9.43. The fourth-order valence-corrected chi connectivity index (χ4v) is 5.40. The molecule has 3 aliphatic rings. The summed E-state index contributed by atoms with van der Waals surface area (Å²) in [6.07, 6.45) is 1.45. The van der Waals surface area contributed by atoms with Crippen molar-refractivity contribution in [2.45, 2.75) is 83.7 Å². The summed E-state index contributed by atoms with van der Waals surface area (Å²) in [6.45, 7) is 18.2. The smallest absolute Gasteiger partial charge is 0.119 e. The highest BCUT2D eigenvalue weighted by Gasteiger charge is 2.34. The molecule has 0 bridgehead atoms. The highest BCUT2D eigenvalue weighted by atomic mass is 16.6. The summed E-state index contributed by atoms with van der Waals surface area (Å²) in [5, 5.41) is 18.8. The first-order valence-electron chi connectivity index (χ1n) is 17.3. The van der Waals surface area contributed by atoms with E-state index in [1.807, 2.05) is 48.5 Å². The van der Waals surface area contributed by atoms with Crippen LogP contribution < -0.4 is 9.47 Å². The molecule has 0 spiro atoms. The van der Waals surface area contributed by atoms with Gasteiger partial charge in [0, 0.05) is 10.8 Å². The zero-order valence-corrected chi connectivity index (χ0v) is 29.9. The van der Waals surface area contributed by atoms with E-state index in [9.17, 15) is 10.2 Å². The predicted octanol–water partition coefficient (Wildman–Crippen LogP) is 8.42. The van der Waals surface area contributed by atoms with Crippen LogP contribution in [0.15, 0.2) is 97.1 Å². The molecule has 49 heavy (non-hydrogen) atoms. The van der Waals surface area contributed by atoms with E-state index in [2.05, 4.69) is 72.7 Å². The molecule has 0 aliphatic carbocycles. The Balaban J connectivity index is 0.000000163. The van der Waals surface area contributed by atoms with Crippen LogP contribution in [0.5, 0.6) is 23.0 Å². The van der Waals surface area contributed by atoms with E-state index in [-0.39, 0.29) is 23.0 Å². The van der Waals surface area contributed by atoms with Crippen LogP contribution in [0, 0.1) is 5.92 Å². The Kier molecular flexibility index (Phi) is 11.6. The number of rotatable bonds is 11. The van der Waals surface area contributed by atoms with Gasteiger partial charge >= 0.3 is 0 Å². The number of aromatic hydroxyl groups is 2. The molecule has 3 heterocycles. The lowest BCUT2D eigenvalue weighted by atomic mass is 9.78. The van der Waals surface area contributed by atoms with Gasteiger partial charge in [-0.2, -0.15) is 0 Å². The van der Waals surface area contributed by atoms with Gasteiger partial charge in [-0.15, -0.1) is 0 Å². The normalized spacial score (nSPS) is 20.7. The minimum absolute atomic E-state index is 0.119. The number of phenolic OH excluding ortho intramolecular Hbond substituents is 2. The molecule has 3 aliphatic heterocycles. The van der Waals surface area contributed by atoms with Crippen molar-refractivity contribution in [3.05, 3.63) is 119 Å². The van der Waals surface area contributed by atoms with E-state index in [4.69, 9.17) is 23.7 Å². The Morgan fingerprint density at radius 3 is 1.24 bits per heavy atom. The lowest BCUT2D eigenvalue weighted by Crippen LogP contribution is -2.18. The maximum Gasteiger partial charge on any atom is 0.119 e. The van der Waals surface area contributed by atoms with Gasteiger partial charge in [0.1, 0.15) is 48.4 Å². The second-order valence-corrected chi connectivity index (χ2v) is 14.5. The molecule has 262 valence electrons. The van der Waals surface area contributed by atoms with Crippen molar-refractivity contribution in [3.8, 4) is 23.0 Å². The SMILES string of the molecule is CC(C)(c1ccc(O)cc1)c1ccc(OCC2CO2)cc1.CC(C)C1CO1.CC1OC1COc1ccc(C(C)(C)c2ccc(O)cc2)cc1. The Labute approximate surface area is 291 Å². The average Bonchev–Trinajstić information content (AvgIpc) is 3.95. The molecule has 3 saturated heterocycles. The fraction of sp³-hybridized carbons (Fsp3) is 0.429. The summed E-state index contributed by atoms with van der Waals surface area (Å²) in [6, 6.07) is 31.1. The second-order valence-electron chi connectivity index (χ2n) is 14.5. The topological polar surface area (TPSA) is 96.5 Å². The summed E-state index contributed by atoms with van der Waals surface area (Å²) < 4.78 is 26.8. The molecule has 4 unspecified atom stereocenters.